The summed E-state index contributed by atoms with van der Waals surface area (Å²) in [5.41, 5.74) is 0.0167. The molecule has 0 aliphatic carbocycles. The van der Waals surface area contributed by atoms with Gasteiger partial charge in [-0.15, -0.1) is 0 Å². The number of aliphatic carboxylic acids is 1. The van der Waals surface area contributed by atoms with Gasteiger partial charge in [0.2, 0.25) is 12.2 Å². The Morgan fingerprint density at radius 3 is 2.36 bits per heavy atom. The van der Waals surface area contributed by atoms with Crippen molar-refractivity contribution >= 4 is 23.5 Å². The van der Waals surface area contributed by atoms with Gasteiger partial charge in [-0.05, 0) is 59.2 Å². The molecule has 5 N–H and O–H groups in total. The standard InChI is InChI=1S/C25H38N2O9/c1-24(2,3)23(33)34-13-14-7-8-17(15(11-14)27-18(29)9-10-26-25(4,5)6)35-19-12-16(28)20(30)21(36-19)22(31)32/h7-8,11,16,19-21,26,28,30H,9-10,12-13H2,1-6H3,(H,27,29)(H,31,32)/t16?,19-,20-,21?/m0/s1. The molecule has 1 heterocycles. The first kappa shape index (κ1) is 29.5. The Morgan fingerprint density at radius 2 is 1.78 bits per heavy atom. The molecule has 1 amide bonds. The maximum atomic E-state index is 12.6. The lowest BCUT2D eigenvalue weighted by Crippen LogP contribution is -2.53. The van der Waals surface area contributed by atoms with Crippen LogP contribution in [0, 0.1) is 5.41 Å². The van der Waals surface area contributed by atoms with E-state index in [1.807, 2.05) is 20.8 Å². The average Bonchev–Trinajstić information content (AvgIpc) is 2.74. The molecule has 1 aliphatic rings. The fourth-order valence-corrected chi connectivity index (χ4v) is 3.26. The molecule has 36 heavy (non-hydrogen) atoms. The molecule has 1 saturated heterocycles. The van der Waals surface area contributed by atoms with Crippen LogP contribution in [0.1, 0.15) is 59.9 Å². The van der Waals surface area contributed by atoms with Gasteiger partial charge in [0.15, 0.2) is 6.10 Å². The number of nitrogens with one attached hydrogen (secondary N) is 2. The van der Waals surface area contributed by atoms with Crippen LogP contribution in [0.4, 0.5) is 5.69 Å². The molecular weight excluding hydrogens is 472 g/mol. The third-order valence-corrected chi connectivity index (χ3v) is 5.25. The van der Waals surface area contributed by atoms with E-state index in [2.05, 4.69) is 10.6 Å². The number of amides is 1. The second kappa shape index (κ2) is 12.0. The largest absolute Gasteiger partial charge is 0.479 e. The number of benzene rings is 1. The molecule has 0 aromatic heterocycles. The van der Waals surface area contributed by atoms with Crippen LogP contribution in [-0.4, -0.2) is 69.9 Å². The zero-order valence-electron chi connectivity index (χ0n) is 21.7. The SMILES string of the molecule is CC(C)(C)NCCC(=O)Nc1cc(COC(=O)C(C)(C)C)ccc1O[C@@H]1CC(O)[C@H](O)C(C(=O)O)O1. The van der Waals surface area contributed by atoms with Gasteiger partial charge in [-0.1, -0.05) is 6.07 Å². The van der Waals surface area contributed by atoms with Crippen LogP contribution in [0.2, 0.25) is 0 Å². The number of carbonyl (C=O) groups excluding carboxylic acids is 2. The maximum Gasteiger partial charge on any atom is 0.335 e. The zero-order chi connectivity index (χ0) is 27.3. The van der Waals surface area contributed by atoms with Gasteiger partial charge in [0, 0.05) is 24.9 Å². The lowest BCUT2D eigenvalue weighted by Gasteiger charge is -2.35. The molecule has 4 atom stereocenters. The van der Waals surface area contributed by atoms with Crippen molar-refractivity contribution in [2.24, 2.45) is 5.41 Å². The van der Waals surface area contributed by atoms with Gasteiger partial charge in [-0.25, -0.2) is 4.79 Å². The average molecular weight is 511 g/mol. The zero-order valence-corrected chi connectivity index (χ0v) is 21.7. The summed E-state index contributed by atoms with van der Waals surface area (Å²) in [4.78, 5) is 36.1. The molecule has 11 nitrogen and oxygen atoms in total. The van der Waals surface area contributed by atoms with E-state index < -0.39 is 36.0 Å². The first-order valence-electron chi connectivity index (χ1n) is 11.8. The monoisotopic (exact) mass is 510 g/mol. The lowest BCUT2D eigenvalue weighted by atomic mass is 9.97. The highest BCUT2D eigenvalue weighted by atomic mass is 16.7. The maximum absolute atomic E-state index is 12.6. The minimum absolute atomic E-state index is 0.0310. The van der Waals surface area contributed by atoms with Crippen molar-refractivity contribution < 1.29 is 43.9 Å². The highest BCUT2D eigenvalue weighted by Gasteiger charge is 2.42. The van der Waals surface area contributed by atoms with Gasteiger partial charge in [0.1, 0.15) is 18.5 Å². The number of carboxylic acid groups (broad SMARTS) is 1. The molecule has 2 rings (SSSR count). The number of anilines is 1. The van der Waals surface area contributed by atoms with Crippen LogP contribution >= 0.6 is 0 Å². The quantitative estimate of drug-likeness (QED) is 0.309. The first-order valence-corrected chi connectivity index (χ1v) is 11.8. The van der Waals surface area contributed by atoms with Crippen LogP contribution in [0.25, 0.3) is 0 Å². The number of hydrogen-bond donors (Lipinski definition) is 5. The lowest BCUT2D eigenvalue weighted by molar-refractivity contribution is -0.228. The van der Waals surface area contributed by atoms with Gasteiger partial charge >= 0.3 is 11.9 Å². The highest BCUT2D eigenvalue weighted by molar-refractivity contribution is 5.92. The van der Waals surface area contributed by atoms with Crippen LogP contribution < -0.4 is 15.4 Å². The van der Waals surface area contributed by atoms with Crippen molar-refractivity contribution in [3.63, 3.8) is 0 Å². The summed E-state index contributed by atoms with van der Waals surface area (Å²) in [6.45, 7) is 11.6. The van der Waals surface area contributed by atoms with E-state index in [-0.39, 0.29) is 48.3 Å². The molecule has 0 radical (unpaired) electrons. The van der Waals surface area contributed by atoms with Crippen molar-refractivity contribution in [3.05, 3.63) is 23.8 Å². The number of ether oxygens (including phenoxy) is 3. The van der Waals surface area contributed by atoms with Crippen molar-refractivity contribution in [1.82, 2.24) is 5.32 Å². The predicted molar refractivity (Wildman–Crippen MR) is 130 cm³/mol. The number of carbonyl (C=O) groups is 3. The molecule has 0 spiro atoms. The van der Waals surface area contributed by atoms with Gasteiger partial charge < -0.3 is 40.2 Å². The van der Waals surface area contributed by atoms with Crippen LogP contribution in [0.5, 0.6) is 5.75 Å². The molecule has 1 fully saturated rings. The number of carboxylic acids is 1. The van der Waals surface area contributed by atoms with E-state index in [1.165, 1.54) is 6.07 Å². The topological polar surface area (TPSA) is 164 Å². The summed E-state index contributed by atoms with van der Waals surface area (Å²) in [6, 6.07) is 4.74. The Kier molecular flexibility index (Phi) is 9.84. The van der Waals surface area contributed by atoms with Crippen LogP contribution in [0.15, 0.2) is 18.2 Å². The molecule has 1 aliphatic heterocycles. The van der Waals surface area contributed by atoms with E-state index >= 15 is 0 Å². The van der Waals surface area contributed by atoms with Gasteiger partial charge in [-0.2, -0.15) is 0 Å². The molecule has 202 valence electrons. The van der Waals surface area contributed by atoms with Crippen molar-refractivity contribution in [2.45, 2.75) is 91.1 Å². The summed E-state index contributed by atoms with van der Waals surface area (Å²) in [5.74, 6) is -1.96. The van der Waals surface area contributed by atoms with Gasteiger partial charge in [0.25, 0.3) is 0 Å². The molecule has 1 aromatic carbocycles. The Balaban J connectivity index is 2.20. The third-order valence-electron chi connectivity index (χ3n) is 5.25. The highest BCUT2D eigenvalue weighted by Crippen LogP contribution is 2.31. The Labute approximate surface area is 211 Å². The van der Waals surface area contributed by atoms with E-state index in [0.717, 1.165) is 0 Å². The molecule has 2 unspecified atom stereocenters. The second-order valence-electron chi connectivity index (χ2n) is 10.9. The number of esters is 1. The van der Waals surface area contributed by atoms with E-state index in [9.17, 15) is 29.7 Å². The van der Waals surface area contributed by atoms with E-state index in [4.69, 9.17) is 14.2 Å². The predicted octanol–water partition coefficient (Wildman–Crippen LogP) is 1.79. The fourth-order valence-electron chi connectivity index (χ4n) is 3.26. The van der Waals surface area contributed by atoms with Crippen molar-refractivity contribution in [3.8, 4) is 5.75 Å². The summed E-state index contributed by atoms with van der Waals surface area (Å²) >= 11 is 0. The number of aliphatic hydroxyl groups is 2. The van der Waals surface area contributed by atoms with E-state index in [1.54, 1.807) is 32.9 Å². The fraction of sp³-hybridized carbons (Fsp3) is 0.640. The minimum Gasteiger partial charge on any atom is -0.479 e. The second-order valence-corrected chi connectivity index (χ2v) is 10.9. The Hall–Kier alpha value is -2.73. The Bertz CT molecular complexity index is 936. The number of aliphatic hydroxyl groups excluding tert-OH is 2. The first-order chi connectivity index (χ1) is 16.6. The molecule has 1 aromatic rings. The third kappa shape index (κ3) is 9.05. The van der Waals surface area contributed by atoms with Gasteiger partial charge in [0.05, 0.1) is 17.2 Å². The summed E-state index contributed by atoms with van der Waals surface area (Å²) in [5, 5.41) is 35.2. The molecule has 11 heteroatoms. The molecular formula is C25H38N2O9. The van der Waals surface area contributed by atoms with Crippen molar-refractivity contribution in [1.29, 1.82) is 0 Å². The van der Waals surface area contributed by atoms with Crippen molar-refractivity contribution in [2.75, 3.05) is 11.9 Å². The van der Waals surface area contributed by atoms with Crippen LogP contribution in [0.3, 0.4) is 0 Å². The number of hydrogen-bond acceptors (Lipinski definition) is 9. The molecule has 0 bridgehead atoms. The summed E-state index contributed by atoms with van der Waals surface area (Å²) < 4.78 is 16.5. The van der Waals surface area contributed by atoms with Gasteiger partial charge in [-0.3, -0.25) is 9.59 Å². The molecule has 0 saturated carbocycles. The Morgan fingerprint density at radius 1 is 1.11 bits per heavy atom. The minimum atomic E-state index is -1.67. The van der Waals surface area contributed by atoms with E-state index in [0.29, 0.717) is 12.1 Å². The normalized spacial score (nSPS) is 22.6. The smallest absolute Gasteiger partial charge is 0.335 e. The summed E-state index contributed by atoms with van der Waals surface area (Å²) in [7, 11) is 0. The number of rotatable bonds is 9. The summed E-state index contributed by atoms with van der Waals surface area (Å²) in [6.07, 6.45) is -5.84. The van der Waals surface area contributed by atoms with Crippen LogP contribution in [-0.2, 0) is 30.5 Å².